The van der Waals surface area contributed by atoms with Crippen LogP contribution < -0.4 is 19.5 Å². The molecule has 0 saturated heterocycles. The Labute approximate surface area is 273 Å². The second-order valence-corrected chi connectivity index (χ2v) is 10.8. The number of carboxylic acid groups (broad SMARTS) is 1. The van der Waals surface area contributed by atoms with Gasteiger partial charge in [0.05, 0.1) is 25.7 Å². The highest BCUT2D eigenvalue weighted by Crippen LogP contribution is 2.20. The first-order chi connectivity index (χ1) is 22.7. The first-order valence-electron chi connectivity index (χ1n) is 15.3. The number of carbonyl (C=O) groups is 4. The van der Waals surface area contributed by atoms with E-state index in [-0.39, 0.29) is 24.4 Å². The van der Waals surface area contributed by atoms with Gasteiger partial charge in [-0.3, -0.25) is 14.4 Å². The normalized spacial score (nSPS) is 10.5. The molecule has 0 aliphatic heterocycles. The number of amides is 2. The summed E-state index contributed by atoms with van der Waals surface area (Å²) in [6, 6.07) is 26.7. The molecule has 2 N–H and O–H groups in total. The average Bonchev–Trinajstić information content (AvgIpc) is 3.07. The summed E-state index contributed by atoms with van der Waals surface area (Å²) in [7, 11) is 1.57. The molecule has 244 valence electrons. The van der Waals surface area contributed by atoms with Gasteiger partial charge in [0.15, 0.2) is 0 Å². The maximum Gasteiger partial charge on any atom is 0.343 e. The Morgan fingerprint density at radius 2 is 1.32 bits per heavy atom. The minimum Gasteiger partial charge on any atom is -0.497 e. The van der Waals surface area contributed by atoms with Crippen LogP contribution in [0.3, 0.4) is 0 Å². The second-order valence-electron chi connectivity index (χ2n) is 10.8. The van der Waals surface area contributed by atoms with Crippen molar-refractivity contribution in [1.82, 2.24) is 4.90 Å². The third kappa shape index (κ3) is 10.7. The molecule has 0 unspecified atom stereocenters. The Morgan fingerprint density at radius 3 is 1.94 bits per heavy atom. The molecule has 0 aromatic heterocycles. The summed E-state index contributed by atoms with van der Waals surface area (Å²) in [6.45, 7) is 2.24. The molecule has 0 aliphatic rings. The number of nitrogens with zero attached hydrogens (tertiary/aromatic N) is 1. The molecule has 0 spiro atoms. The van der Waals surface area contributed by atoms with E-state index < -0.39 is 24.4 Å². The first-order valence-corrected chi connectivity index (χ1v) is 15.3. The lowest BCUT2D eigenvalue weighted by molar-refractivity contribution is -0.137. The summed E-state index contributed by atoms with van der Waals surface area (Å²) < 4.78 is 16.3. The minimum absolute atomic E-state index is 0.0133. The Bertz CT molecular complexity index is 1630. The third-order valence-corrected chi connectivity index (χ3v) is 7.17. The number of ether oxygens (including phenoxy) is 3. The summed E-state index contributed by atoms with van der Waals surface area (Å²) in [5.41, 5.74) is 2.60. The fourth-order valence-corrected chi connectivity index (χ4v) is 4.65. The number of aliphatic carboxylic acids is 1. The van der Waals surface area contributed by atoms with Crippen molar-refractivity contribution in [3.8, 4) is 17.2 Å². The van der Waals surface area contributed by atoms with E-state index in [4.69, 9.17) is 14.2 Å². The van der Waals surface area contributed by atoms with Gasteiger partial charge < -0.3 is 29.5 Å². The van der Waals surface area contributed by atoms with E-state index >= 15 is 0 Å². The van der Waals surface area contributed by atoms with E-state index in [9.17, 15) is 24.3 Å². The van der Waals surface area contributed by atoms with Gasteiger partial charge in [-0.15, -0.1) is 0 Å². The zero-order valence-electron chi connectivity index (χ0n) is 26.4. The van der Waals surface area contributed by atoms with Crippen LogP contribution in [0.2, 0.25) is 0 Å². The lowest BCUT2D eigenvalue weighted by Crippen LogP contribution is -2.35. The lowest BCUT2D eigenvalue weighted by Gasteiger charge is -2.21. The Balaban J connectivity index is 1.32. The SMILES string of the molecule is CCCCCOc1ccc(C(=O)Oc2ccc(CN(CC(=O)O)C(=O)c3ccc(NC(=O)Cc4ccc(OC)cc4)cc3)cc2)cc1. The molecule has 4 aromatic rings. The van der Waals surface area contributed by atoms with Gasteiger partial charge in [-0.25, -0.2) is 4.79 Å². The molecule has 0 heterocycles. The summed E-state index contributed by atoms with van der Waals surface area (Å²) in [5, 5.41) is 12.3. The summed E-state index contributed by atoms with van der Waals surface area (Å²) in [4.78, 5) is 51.2. The van der Waals surface area contributed by atoms with Crippen molar-refractivity contribution in [3.63, 3.8) is 0 Å². The van der Waals surface area contributed by atoms with Crippen LogP contribution in [-0.2, 0) is 22.6 Å². The maximum absolute atomic E-state index is 13.3. The topological polar surface area (TPSA) is 131 Å². The first kappa shape index (κ1) is 34.2. The highest BCUT2D eigenvalue weighted by molar-refractivity contribution is 5.97. The largest absolute Gasteiger partial charge is 0.497 e. The van der Waals surface area contributed by atoms with E-state index in [2.05, 4.69) is 12.2 Å². The van der Waals surface area contributed by atoms with Crippen molar-refractivity contribution in [3.05, 3.63) is 119 Å². The van der Waals surface area contributed by atoms with E-state index in [0.29, 0.717) is 40.7 Å². The number of benzene rings is 4. The van der Waals surface area contributed by atoms with Gasteiger partial charge in [0.25, 0.3) is 5.91 Å². The molecular weight excluding hydrogens is 600 g/mol. The number of methoxy groups -OCH3 is 1. The number of nitrogens with one attached hydrogen (secondary N) is 1. The van der Waals surface area contributed by atoms with E-state index in [1.54, 1.807) is 79.9 Å². The molecule has 4 rings (SSSR count). The predicted molar refractivity (Wildman–Crippen MR) is 177 cm³/mol. The number of hydrogen-bond acceptors (Lipinski definition) is 7. The predicted octanol–water partition coefficient (Wildman–Crippen LogP) is 6.39. The van der Waals surface area contributed by atoms with E-state index in [1.165, 1.54) is 17.0 Å². The van der Waals surface area contributed by atoms with E-state index in [0.717, 1.165) is 24.8 Å². The number of esters is 1. The van der Waals surface area contributed by atoms with Crippen molar-refractivity contribution >= 4 is 29.4 Å². The zero-order chi connectivity index (χ0) is 33.6. The number of carbonyl (C=O) groups excluding carboxylic acids is 3. The highest BCUT2D eigenvalue weighted by Gasteiger charge is 2.20. The highest BCUT2D eigenvalue weighted by atomic mass is 16.5. The monoisotopic (exact) mass is 638 g/mol. The Kier molecular flexibility index (Phi) is 12.5. The number of hydrogen-bond donors (Lipinski definition) is 2. The van der Waals surface area contributed by atoms with Crippen molar-refractivity contribution in [2.75, 3.05) is 25.6 Å². The molecule has 0 radical (unpaired) electrons. The van der Waals surface area contributed by atoms with Crippen molar-refractivity contribution in [1.29, 1.82) is 0 Å². The van der Waals surface area contributed by atoms with Crippen LogP contribution in [0.4, 0.5) is 5.69 Å². The fraction of sp³-hybridized carbons (Fsp3) is 0.243. The molecule has 10 nitrogen and oxygen atoms in total. The maximum atomic E-state index is 13.3. The molecule has 0 saturated carbocycles. The second kappa shape index (κ2) is 17.2. The summed E-state index contributed by atoms with van der Waals surface area (Å²) >= 11 is 0. The van der Waals surface area contributed by atoms with Gasteiger partial charge in [-0.2, -0.15) is 0 Å². The number of carboxylic acids is 1. The molecule has 0 atom stereocenters. The van der Waals surface area contributed by atoms with Crippen molar-refractivity contribution < 1.29 is 38.5 Å². The van der Waals surface area contributed by atoms with Gasteiger partial charge in [0, 0.05) is 17.8 Å². The van der Waals surface area contributed by atoms with Crippen LogP contribution in [0.1, 0.15) is 58.0 Å². The molecule has 47 heavy (non-hydrogen) atoms. The number of anilines is 1. The zero-order valence-corrected chi connectivity index (χ0v) is 26.4. The van der Waals surface area contributed by atoms with Gasteiger partial charge in [-0.1, -0.05) is 44.0 Å². The Morgan fingerprint density at radius 1 is 0.723 bits per heavy atom. The van der Waals surface area contributed by atoms with Crippen LogP contribution in [0.5, 0.6) is 17.2 Å². The molecular formula is C37H38N2O8. The molecule has 10 heteroatoms. The van der Waals surface area contributed by atoms with Crippen LogP contribution >= 0.6 is 0 Å². The molecule has 4 aromatic carbocycles. The van der Waals surface area contributed by atoms with Crippen LogP contribution in [0.25, 0.3) is 0 Å². The lowest BCUT2D eigenvalue weighted by atomic mass is 10.1. The van der Waals surface area contributed by atoms with E-state index in [1.807, 2.05) is 12.1 Å². The molecule has 0 aliphatic carbocycles. The van der Waals surface area contributed by atoms with Gasteiger partial charge in [0.2, 0.25) is 5.91 Å². The fourth-order valence-electron chi connectivity index (χ4n) is 4.65. The molecule has 2 amide bonds. The quantitative estimate of drug-likeness (QED) is 0.0820. The van der Waals surface area contributed by atoms with Gasteiger partial charge >= 0.3 is 11.9 Å². The number of rotatable bonds is 16. The average molecular weight is 639 g/mol. The number of unbranched alkanes of at least 4 members (excludes halogenated alkanes) is 2. The van der Waals surface area contributed by atoms with Crippen molar-refractivity contribution in [2.24, 2.45) is 0 Å². The summed E-state index contributed by atoms with van der Waals surface area (Å²) in [6.07, 6.45) is 3.34. The van der Waals surface area contributed by atoms with Gasteiger partial charge in [0.1, 0.15) is 23.8 Å². The van der Waals surface area contributed by atoms with Crippen LogP contribution in [-0.4, -0.2) is 54.0 Å². The van der Waals surface area contributed by atoms with Gasteiger partial charge in [-0.05, 0) is 90.3 Å². The molecule has 0 bridgehead atoms. The standard InChI is InChI=1S/C37H38N2O8/c1-3-4-5-22-46-32-20-12-29(13-21-32)37(44)47-33-18-8-27(9-19-33)24-39(25-35(41)42)36(43)28-10-14-30(15-11-28)38-34(40)23-26-6-16-31(45-2)17-7-26/h6-21H,3-5,22-25H2,1-2H3,(H,38,40)(H,41,42). The van der Waals surface area contributed by atoms with Crippen LogP contribution in [0.15, 0.2) is 97.1 Å². The molecule has 0 fully saturated rings. The Hall–Kier alpha value is -5.64. The third-order valence-electron chi connectivity index (χ3n) is 7.17. The minimum atomic E-state index is -1.16. The smallest absolute Gasteiger partial charge is 0.343 e. The van der Waals surface area contributed by atoms with Crippen LogP contribution in [0, 0.1) is 0 Å². The van der Waals surface area contributed by atoms with Crippen molar-refractivity contribution in [2.45, 2.75) is 39.2 Å². The summed E-state index contributed by atoms with van der Waals surface area (Å²) in [5.74, 6) is -0.716.